The van der Waals surface area contributed by atoms with Gasteiger partial charge in [-0.15, -0.1) is 0 Å². The molecule has 0 aliphatic carbocycles. The highest BCUT2D eigenvalue weighted by Crippen LogP contribution is 1.92. The summed E-state index contributed by atoms with van der Waals surface area (Å²) in [5.41, 5.74) is 0. The smallest absolute Gasteiger partial charge is 0.330 e. The Balaban J connectivity index is 3.68. The van der Waals surface area contributed by atoms with E-state index in [1.165, 1.54) is 0 Å². The van der Waals surface area contributed by atoms with Crippen LogP contribution in [-0.2, 0) is 19.1 Å². The number of hydrogen-bond acceptors (Lipinski definition) is 4. The molecule has 74 valence electrons. The van der Waals surface area contributed by atoms with Gasteiger partial charge in [-0.05, 0) is 6.42 Å². The summed E-state index contributed by atoms with van der Waals surface area (Å²) in [5.74, 6) is -0.614. The summed E-state index contributed by atoms with van der Waals surface area (Å²) in [5, 5.41) is 0. The van der Waals surface area contributed by atoms with E-state index in [1.807, 2.05) is 6.92 Å². The first-order valence-corrected chi connectivity index (χ1v) is 4.10. The molecule has 0 aromatic rings. The second-order valence-electron chi connectivity index (χ2n) is 2.39. The minimum absolute atomic E-state index is 0.108. The van der Waals surface area contributed by atoms with Crippen LogP contribution in [-0.4, -0.2) is 31.6 Å². The fourth-order valence-electron chi connectivity index (χ4n) is 0.642. The van der Waals surface area contributed by atoms with Crippen molar-refractivity contribution in [3.05, 3.63) is 12.7 Å². The molecule has 0 radical (unpaired) electrons. The predicted molar refractivity (Wildman–Crippen MR) is 47.3 cm³/mol. The Kier molecular flexibility index (Phi) is 6.82. The van der Waals surface area contributed by atoms with E-state index in [1.54, 1.807) is 0 Å². The SMILES string of the molecule is C=CC(=O)OC(C=O)COCCC. The van der Waals surface area contributed by atoms with Crippen molar-refractivity contribution in [3.63, 3.8) is 0 Å². The van der Waals surface area contributed by atoms with Gasteiger partial charge in [0.05, 0.1) is 6.61 Å². The van der Waals surface area contributed by atoms with E-state index < -0.39 is 12.1 Å². The second kappa shape index (κ2) is 7.49. The Morgan fingerprint density at radius 2 is 2.31 bits per heavy atom. The zero-order valence-corrected chi connectivity index (χ0v) is 7.69. The lowest BCUT2D eigenvalue weighted by Gasteiger charge is -2.10. The van der Waals surface area contributed by atoms with E-state index in [4.69, 9.17) is 4.74 Å². The Bertz CT molecular complexity index is 176. The van der Waals surface area contributed by atoms with E-state index >= 15 is 0 Å². The van der Waals surface area contributed by atoms with Gasteiger partial charge in [-0.2, -0.15) is 0 Å². The number of carbonyl (C=O) groups excluding carboxylic acids is 2. The molecule has 1 unspecified atom stereocenters. The number of hydrogen-bond donors (Lipinski definition) is 0. The van der Waals surface area contributed by atoms with Crippen LogP contribution in [0.25, 0.3) is 0 Å². The predicted octanol–water partition coefficient (Wildman–Crippen LogP) is 0.710. The van der Waals surface area contributed by atoms with Gasteiger partial charge in [-0.3, -0.25) is 4.79 Å². The molecular weight excluding hydrogens is 172 g/mol. The van der Waals surface area contributed by atoms with Crippen molar-refractivity contribution in [1.82, 2.24) is 0 Å². The maximum absolute atomic E-state index is 10.7. The lowest BCUT2D eigenvalue weighted by molar-refractivity contribution is -0.149. The van der Waals surface area contributed by atoms with Crippen LogP contribution < -0.4 is 0 Å². The van der Waals surface area contributed by atoms with Crippen LogP contribution in [0, 0.1) is 0 Å². The fraction of sp³-hybridized carbons (Fsp3) is 0.556. The number of carbonyl (C=O) groups is 2. The number of ether oxygens (including phenoxy) is 2. The van der Waals surface area contributed by atoms with Crippen LogP contribution in [0.4, 0.5) is 0 Å². The second-order valence-corrected chi connectivity index (χ2v) is 2.39. The number of aldehydes is 1. The molecule has 4 heteroatoms. The molecule has 0 N–H and O–H groups in total. The quantitative estimate of drug-likeness (QED) is 0.254. The van der Waals surface area contributed by atoms with Gasteiger partial charge in [0.2, 0.25) is 0 Å². The topological polar surface area (TPSA) is 52.6 Å². The summed E-state index contributed by atoms with van der Waals surface area (Å²) >= 11 is 0. The monoisotopic (exact) mass is 186 g/mol. The first-order chi connectivity index (χ1) is 6.24. The molecule has 4 nitrogen and oxygen atoms in total. The molecule has 0 aromatic carbocycles. The molecule has 0 saturated carbocycles. The van der Waals surface area contributed by atoms with Crippen molar-refractivity contribution in [3.8, 4) is 0 Å². The van der Waals surface area contributed by atoms with Crippen molar-refractivity contribution in [2.75, 3.05) is 13.2 Å². The molecular formula is C9H14O4. The van der Waals surface area contributed by atoms with E-state index in [2.05, 4.69) is 11.3 Å². The Morgan fingerprint density at radius 3 is 2.77 bits per heavy atom. The maximum Gasteiger partial charge on any atom is 0.330 e. The number of esters is 1. The summed E-state index contributed by atoms with van der Waals surface area (Å²) < 4.78 is 9.68. The first kappa shape index (κ1) is 11.8. The largest absolute Gasteiger partial charge is 0.449 e. The van der Waals surface area contributed by atoms with Gasteiger partial charge in [0, 0.05) is 12.7 Å². The average Bonchev–Trinajstić information content (AvgIpc) is 2.16. The van der Waals surface area contributed by atoms with Gasteiger partial charge in [-0.1, -0.05) is 13.5 Å². The molecule has 0 heterocycles. The van der Waals surface area contributed by atoms with Crippen LogP contribution in [0.5, 0.6) is 0 Å². The van der Waals surface area contributed by atoms with E-state index in [0.717, 1.165) is 12.5 Å². The lowest BCUT2D eigenvalue weighted by atomic mass is 10.4. The average molecular weight is 186 g/mol. The van der Waals surface area contributed by atoms with Crippen molar-refractivity contribution in [2.24, 2.45) is 0 Å². The van der Waals surface area contributed by atoms with Crippen molar-refractivity contribution in [1.29, 1.82) is 0 Å². The third-order valence-corrected chi connectivity index (χ3v) is 1.22. The van der Waals surface area contributed by atoms with Gasteiger partial charge >= 0.3 is 5.97 Å². The molecule has 0 rings (SSSR count). The fourth-order valence-corrected chi connectivity index (χ4v) is 0.642. The summed E-state index contributed by atoms with van der Waals surface area (Å²) in [6.07, 6.45) is 1.59. The summed E-state index contributed by atoms with van der Waals surface area (Å²) in [7, 11) is 0. The van der Waals surface area contributed by atoms with Gasteiger partial charge in [0.1, 0.15) is 0 Å². The van der Waals surface area contributed by atoms with Crippen LogP contribution in [0.3, 0.4) is 0 Å². The Labute approximate surface area is 77.5 Å². The third kappa shape index (κ3) is 6.04. The molecule has 0 aromatic heterocycles. The minimum Gasteiger partial charge on any atom is -0.449 e. The zero-order chi connectivity index (χ0) is 10.1. The minimum atomic E-state index is -0.822. The molecule has 0 fully saturated rings. The Morgan fingerprint density at radius 1 is 1.62 bits per heavy atom. The van der Waals surface area contributed by atoms with Gasteiger partial charge < -0.3 is 9.47 Å². The molecule has 1 atom stereocenters. The lowest BCUT2D eigenvalue weighted by Crippen LogP contribution is -2.24. The Hall–Kier alpha value is -1.16. The van der Waals surface area contributed by atoms with Crippen molar-refractivity contribution < 1.29 is 19.1 Å². The van der Waals surface area contributed by atoms with Gasteiger partial charge in [0.25, 0.3) is 0 Å². The standard InChI is InChI=1S/C9H14O4/c1-3-5-12-7-8(6-10)13-9(11)4-2/h4,6,8H,2-3,5,7H2,1H3. The van der Waals surface area contributed by atoms with Gasteiger partial charge in [0.15, 0.2) is 12.4 Å². The molecule has 13 heavy (non-hydrogen) atoms. The normalized spacial score (nSPS) is 11.8. The maximum atomic E-state index is 10.7. The molecule has 0 saturated heterocycles. The summed E-state index contributed by atoms with van der Waals surface area (Å²) in [6, 6.07) is 0. The van der Waals surface area contributed by atoms with E-state index in [0.29, 0.717) is 12.9 Å². The van der Waals surface area contributed by atoms with Crippen LogP contribution in [0.2, 0.25) is 0 Å². The molecule has 0 spiro atoms. The molecule has 0 amide bonds. The van der Waals surface area contributed by atoms with Crippen LogP contribution in [0.1, 0.15) is 13.3 Å². The summed E-state index contributed by atoms with van der Waals surface area (Å²) in [4.78, 5) is 21.0. The van der Waals surface area contributed by atoms with Gasteiger partial charge in [-0.25, -0.2) is 4.79 Å². The van der Waals surface area contributed by atoms with E-state index in [9.17, 15) is 9.59 Å². The molecule has 0 aliphatic heterocycles. The van der Waals surface area contributed by atoms with E-state index in [-0.39, 0.29) is 6.61 Å². The highest BCUT2D eigenvalue weighted by atomic mass is 16.6. The van der Waals surface area contributed by atoms with Crippen molar-refractivity contribution >= 4 is 12.3 Å². The summed E-state index contributed by atoms with van der Waals surface area (Å²) in [6.45, 7) is 5.82. The van der Waals surface area contributed by atoms with Crippen LogP contribution in [0.15, 0.2) is 12.7 Å². The molecule has 0 bridgehead atoms. The first-order valence-electron chi connectivity index (χ1n) is 4.10. The number of rotatable bonds is 7. The highest BCUT2D eigenvalue weighted by molar-refractivity contribution is 5.82. The third-order valence-electron chi connectivity index (χ3n) is 1.22. The van der Waals surface area contributed by atoms with Crippen LogP contribution >= 0.6 is 0 Å². The molecule has 0 aliphatic rings. The zero-order valence-electron chi connectivity index (χ0n) is 7.69. The highest BCUT2D eigenvalue weighted by Gasteiger charge is 2.10. The van der Waals surface area contributed by atoms with Crippen molar-refractivity contribution in [2.45, 2.75) is 19.4 Å².